The maximum Gasteiger partial charge on any atom is 0.325 e. The highest BCUT2D eigenvalue weighted by Crippen LogP contribution is 2.25. The number of benzene rings is 2. The van der Waals surface area contributed by atoms with Crippen molar-refractivity contribution in [1.29, 1.82) is 0 Å². The Morgan fingerprint density at radius 3 is 1.04 bits per heavy atom. The Hall–Kier alpha value is -5.30. The monoisotopic (exact) mass is 652 g/mol. The van der Waals surface area contributed by atoms with Crippen LogP contribution in [-0.2, 0) is 28.8 Å². The van der Waals surface area contributed by atoms with Crippen LogP contribution in [0.2, 0.25) is 0 Å². The summed E-state index contributed by atoms with van der Waals surface area (Å²) in [4.78, 5) is 65.1. The second-order valence-electron chi connectivity index (χ2n) is 9.45. The Morgan fingerprint density at radius 2 is 0.783 bits per heavy atom. The quantitative estimate of drug-likeness (QED) is 0.0783. The van der Waals surface area contributed by atoms with Crippen molar-refractivity contribution in [2.24, 2.45) is 0 Å². The first-order chi connectivity index (χ1) is 21.6. The molecule has 46 heavy (non-hydrogen) atoms. The van der Waals surface area contributed by atoms with E-state index >= 15 is 0 Å². The van der Waals surface area contributed by atoms with Gasteiger partial charge in [-0.1, -0.05) is 36.4 Å². The van der Waals surface area contributed by atoms with Crippen LogP contribution in [0.3, 0.4) is 0 Å². The zero-order chi connectivity index (χ0) is 34.8. The van der Waals surface area contributed by atoms with Gasteiger partial charge in [-0.05, 0) is 12.1 Å². The molecule has 0 spiro atoms. The Balaban J connectivity index is 0.000000479. The van der Waals surface area contributed by atoms with Crippen LogP contribution in [0.4, 0.5) is 0 Å². The van der Waals surface area contributed by atoms with Gasteiger partial charge >= 0.3 is 35.8 Å². The fourth-order valence-corrected chi connectivity index (χ4v) is 3.89. The van der Waals surface area contributed by atoms with Crippen LogP contribution < -0.4 is 21.3 Å². The van der Waals surface area contributed by atoms with Gasteiger partial charge in [0.05, 0.1) is 12.8 Å². The molecule has 0 fully saturated rings. The molecule has 4 atom stereocenters. The molecule has 18 heteroatoms. The topological polar surface area (TPSA) is 312 Å². The van der Waals surface area contributed by atoms with Crippen LogP contribution in [0.5, 0.6) is 11.5 Å². The van der Waals surface area contributed by atoms with Crippen molar-refractivity contribution in [3.8, 4) is 11.5 Å². The zero-order valence-electron chi connectivity index (χ0n) is 24.2. The first-order valence-corrected chi connectivity index (χ1v) is 13.5. The number of phenols is 2. The van der Waals surface area contributed by atoms with Gasteiger partial charge in [0.2, 0.25) is 0 Å². The molecule has 0 aliphatic rings. The van der Waals surface area contributed by atoms with Gasteiger partial charge in [-0.3, -0.25) is 39.4 Å². The van der Waals surface area contributed by atoms with E-state index in [1.54, 1.807) is 24.3 Å². The van der Waals surface area contributed by atoms with E-state index in [1.807, 2.05) is 0 Å². The molecule has 0 saturated carbocycles. The molecular weight excluding hydrogens is 616 g/mol. The number of aliphatic carboxylic acids is 6. The smallest absolute Gasteiger partial charge is 0.325 e. The normalized spacial score (nSPS) is 13.2. The average Bonchev–Trinajstić information content (AvgIpc) is 2.96. The number of para-hydroxylation sites is 2. The fourth-order valence-electron chi connectivity index (χ4n) is 3.89. The number of hydrogen-bond acceptors (Lipinski definition) is 12. The molecule has 0 saturated heterocycles. The SMILES string of the molecule is O=C(O)C(NCCNC(C(=O)O)c1ccccc1O)c1ccccc1O.O=C(O)CC(NCCNC(CC(=O)O)C(=O)O)C(=O)O. The van der Waals surface area contributed by atoms with E-state index in [0.29, 0.717) is 0 Å². The summed E-state index contributed by atoms with van der Waals surface area (Å²) in [7, 11) is 0. The predicted octanol–water partition coefficient (Wildman–Crippen LogP) is -0.750. The predicted molar refractivity (Wildman–Crippen MR) is 156 cm³/mol. The van der Waals surface area contributed by atoms with Crippen LogP contribution in [0.1, 0.15) is 36.1 Å². The van der Waals surface area contributed by atoms with E-state index in [9.17, 15) is 49.2 Å². The van der Waals surface area contributed by atoms with Gasteiger partial charge < -0.3 is 51.5 Å². The average molecular weight is 653 g/mol. The molecule has 2 aromatic carbocycles. The van der Waals surface area contributed by atoms with Crippen molar-refractivity contribution in [2.75, 3.05) is 26.2 Å². The molecule has 0 radical (unpaired) electrons. The van der Waals surface area contributed by atoms with E-state index in [4.69, 9.17) is 20.4 Å². The van der Waals surface area contributed by atoms with Crippen LogP contribution in [-0.4, -0.2) is 115 Å². The standard InChI is InChI=1S/C18H20N2O6.C10H16N2O8/c21-13-7-3-1-5-11(13)15(17(23)24)19-9-10-20-16(18(25)26)12-6-2-4-8-14(12)22;13-7(14)3-5(9(17)18)11-1-2-12-6(10(19)20)4-8(15)16/h1-8,15-16,19-22H,9-10H2,(H,23,24)(H,25,26);5-6,11-12H,1-4H2,(H,13,14)(H,15,16)(H,17,18)(H,19,20). The van der Waals surface area contributed by atoms with Crippen molar-refractivity contribution < 1.29 is 69.6 Å². The van der Waals surface area contributed by atoms with Crippen molar-refractivity contribution in [1.82, 2.24) is 21.3 Å². The second-order valence-corrected chi connectivity index (χ2v) is 9.45. The van der Waals surface area contributed by atoms with E-state index in [-0.39, 0.29) is 48.8 Å². The number of phenolic OH excluding ortho intramolecular Hbond substituents is 2. The summed E-state index contributed by atoms with van der Waals surface area (Å²) in [5.74, 6) is -7.86. The number of carboxylic acid groups (broad SMARTS) is 6. The second kappa shape index (κ2) is 19.9. The molecule has 4 unspecified atom stereocenters. The molecule has 0 bridgehead atoms. The summed E-state index contributed by atoms with van der Waals surface area (Å²) in [6.45, 7) is 0.215. The third kappa shape index (κ3) is 14.0. The molecule has 18 nitrogen and oxygen atoms in total. The Bertz CT molecular complexity index is 1250. The lowest BCUT2D eigenvalue weighted by atomic mass is 10.1. The Morgan fingerprint density at radius 1 is 0.478 bits per heavy atom. The lowest BCUT2D eigenvalue weighted by Gasteiger charge is -2.19. The Labute approximate surface area is 261 Å². The summed E-state index contributed by atoms with van der Waals surface area (Å²) < 4.78 is 0. The molecular formula is C28H36N4O14. The molecule has 12 N–H and O–H groups in total. The Kier molecular flexibility index (Phi) is 16.7. The van der Waals surface area contributed by atoms with Crippen LogP contribution >= 0.6 is 0 Å². The molecule has 0 aromatic heterocycles. The van der Waals surface area contributed by atoms with Crippen molar-refractivity contribution >= 4 is 35.8 Å². The number of rotatable bonds is 20. The van der Waals surface area contributed by atoms with Gasteiger partial charge in [-0.25, -0.2) is 0 Å². The van der Waals surface area contributed by atoms with Crippen molar-refractivity contribution in [3.63, 3.8) is 0 Å². The maximum atomic E-state index is 11.4. The van der Waals surface area contributed by atoms with Crippen LogP contribution in [0.15, 0.2) is 48.5 Å². The van der Waals surface area contributed by atoms with E-state index in [2.05, 4.69) is 21.3 Å². The molecule has 0 amide bonds. The molecule has 2 aromatic rings. The third-order valence-corrected chi connectivity index (χ3v) is 6.07. The van der Waals surface area contributed by atoms with Gasteiger partial charge in [-0.15, -0.1) is 0 Å². The van der Waals surface area contributed by atoms with Gasteiger partial charge in [0.1, 0.15) is 35.7 Å². The van der Waals surface area contributed by atoms with E-state index in [1.165, 1.54) is 24.3 Å². The van der Waals surface area contributed by atoms with E-state index in [0.717, 1.165) is 0 Å². The number of hydrogen-bond donors (Lipinski definition) is 12. The largest absolute Gasteiger partial charge is 0.508 e. The summed E-state index contributed by atoms with van der Waals surface area (Å²) >= 11 is 0. The minimum atomic E-state index is -1.34. The third-order valence-electron chi connectivity index (χ3n) is 6.07. The molecule has 0 aliphatic carbocycles. The number of carboxylic acids is 6. The molecule has 0 heterocycles. The first-order valence-electron chi connectivity index (χ1n) is 13.5. The van der Waals surface area contributed by atoms with E-state index < -0.39 is 72.8 Å². The highest BCUT2D eigenvalue weighted by Gasteiger charge is 2.25. The zero-order valence-corrected chi connectivity index (χ0v) is 24.2. The minimum Gasteiger partial charge on any atom is -0.508 e. The van der Waals surface area contributed by atoms with Crippen LogP contribution in [0.25, 0.3) is 0 Å². The summed E-state index contributed by atoms with van der Waals surface area (Å²) in [6.07, 6.45) is -1.24. The molecule has 252 valence electrons. The molecule has 2 rings (SSSR count). The lowest BCUT2D eigenvalue weighted by molar-refractivity contribution is -0.146. The summed E-state index contributed by atoms with van der Waals surface area (Å²) in [5, 5.41) is 83.0. The van der Waals surface area contributed by atoms with Crippen molar-refractivity contribution in [2.45, 2.75) is 37.0 Å². The van der Waals surface area contributed by atoms with Gasteiger partial charge in [0.25, 0.3) is 0 Å². The number of aromatic hydroxyl groups is 2. The maximum absolute atomic E-state index is 11.4. The van der Waals surface area contributed by atoms with Gasteiger partial charge in [0, 0.05) is 37.3 Å². The van der Waals surface area contributed by atoms with Crippen LogP contribution in [0, 0.1) is 0 Å². The lowest BCUT2D eigenvalue weighted by Crippen LogP contribution is -2.45. The van der Waals surface area contributed by atoms with Gasteiger partial charge in [0.15, 0.2) is 0 Å². The minimum absolute atomic E-state index is 0.0202. The highest BCUT2D eigenvalue weighted by atomic mass is 16.4. The summed E-state index contributed by atoms with van der Waals surface area (Å²) in [6, 6.07) is 7.33. The molecule has 0 aliphatic heterocycles. The highest BCUT2D eigenvalue weighted by molar-refractivity contribution is 5.81. The number of carbonyl (C=O) groups is 6. The number of nitrogens with one attached hydrogen (secondary N) is 4. The fraction of sp³-hybridized carbons (Fsp3) is 0.357. The summed E-state index contributed by atoms with van der Waals surface area (Å²) in [5.41, 5.74) is 0.436. The van der Waals surface area contributed by atoms with Crippen molar-refractivity contribution in [3.05, 3.63) is 59.7 Å². The van der Waals surface area contributed by atoms with Gasteiger partial charge in [-0.2, -0.15) is 0 Å². The first kappa shape index (κ1) is 38.7.